The SMILES string of the molecule is CC1C(=O)CC1c1ccc2c(c1)OCCO2. The smallest absolute Gasteiger partial charge is 0.161 e. The second-order valence-electron chi connectivity index (χ2n) is 4.47. The topological polar surface area (TPSA) is 35.5 Å². The zero-order valence-corrected chi connectivity index (χ0v) is 9.23. The summed E-state index contributed by atoms with van der Waals surface area (Å²) in [6.07, 6.45) is 0.667. The zero-order valence-electron chi connectivity index (χ0n) is 9.23. The maximum absolute atomic E-state index is 11.2. The summed E-state index contributed by atoms with van der Waals surface area (Å²) in [6.45, 7) is 3.22. The van der Waals surface area contributed by atoms with Gasteiger partial charge in [0, 0.05) is 18.3 Å². The van der Waals surface area contributed by atoms with Crippen LogP contribution in [-0.2, 0) is 4.79 Å². The van der Waals surface area contributed by atoms with Gasteiger partial charge in [-0.25, -0.2) is 0 Å². The highest BCUT2D eigenvalue weighted by molar-refractivity contribution is 5.89. The number of carbonyl (C=O) groups excluding carboxylic acids is 1. The molecule has 2 aliphatic rings. The molecule has 1 heterocycles. The van der Waals surface area contributed by atoms with Gasteiger partial charge in [0.2, 0.25) is 0 Å². The Bertz CT molecular complexity index is 439. The van der Waals surface area contributed by atoms with E-state index in [0.717, 1.165) is 11.5 Å². The van der Waals surface area contributed by atoms with E-state index < -0.39 is 0 Å². The van der Waals surface area contributed by atoms with Gasteiger partial charge in [-0.3, -0.25) is 4.79 Å². The van der Waals surface area contributed by atoms with Crippen molar-refractivity contribution in [2.45, 2.75) is 19.3 Å². The van der Waals surface area contributed by atoms with E-state index in [1.54, 1.807) is 0 Å². The number of carbonyl (C=O) groups is 1. The molecule has 0 spiro atoms. The van der Waals surface area contributed by atoms with Crippen molar-refractivity contribution in [3.8, 4) is 11.5 Å². The molecular weight excluding hydrogens is 204 g/mol. The molecule has 3 heteroatoms. The second kappa shape index (κ2) is 3.51. The van der Waals surface area contributed by atoms with Gasteiger partial charge >= 0.3 is 0 Å². The molecule has 0 N–H and O–H groups in total. The van der Waals surface area contributed by atoms with Gasteiger partial charge in [-0.15, -0.1) is 0 Å². The first-order chi connectivity index (χ1) is 7.75. The number of fused-ring (bicyclic) bond motifs is 1. The maximum atomic E-state index is 11.2. The first-order valence-corrected chi connectivity index (χ1v) is 5.68. The normalized spacial score (nSPS) is 27.4. The van der Waals surface area contributed by atoms with Gasteiger partial charge < -0.3 is 9.47 Å². The van der Waals surface area contributed by atoms with Crippen molar-refractivity contribution >= 4 is 5.78 Å². The zero-order chi connectivity index (χ0) is 11.1. The third kappa shape index (κ3) is 1.39. The lowest BCUT2D eigenvalue weighted by atomic mass is 9.70. The predicted molar refractivity (Wildman–Crippen MR) is 59.0 cm³/mol. The Morgan fingerprint density at radius 1 is 1.19 bits per heavy atom. The van der Waals surface area contributed by atoms with Crippen molar-refractivity contribution in [2.75, 3.05) is 13.2 Å². The molecule has 0 bridgehead atoms. The molecular formula is C13H14O3. The van der Waals surface area contributed by atoms with Crippen molar-refractivity contribution in [1.29, 1.82) is 0 Å². The van der Waals surface area contributed by atoms with Crippen LogP contribution in [0.25, 0.3) is 0 Å². The van der Waals surface area contributed by atoms with Crippen molar-refractivity contribution in [2.24, 2.45) is 5.92 Å². The van der Waals surface area contributed by atoms with Crippen LogP contribution in [0.2, 0.25) is 0 Å². The fraction of sp³-hybridized carbons (Fsp3) is 0.462. The van der Waals surface area contributed by atoms with Crippen molar-refractivity contribution < 1.29 is 14.3 Å². The molecule has 1 saturated carbocycles. The van der Waals surface area contributed by atoms with Crippen LogP contribution in [0.15, 0.2) is 18.2 Å². The van der Waals surface area contributed by atoms with Gasteiger partial charge in [0.1, 0.15) is 19.0 Å². The van der Waals surface area contributed by atoms with Crippen LogP contribution in [0.5, 0.6) is 11.5 Å². The maximum Gasteiger partial charge on any atom is 0.161 e. The number of hydrogen-bond donors (Lipinski definition) is 0. The Hall–Kier alpha value is -1.51. The van der Waals surface area contributed by atoms with E-state index in [1.807, 2.05) is 25.1 Å². The lowest BCUT2D eigenvalue weighted by Crippen LogP contribution is -2.32. The number of ketones is 1. The van der Waals surface area contributed by atoms with Crippen LogP contribution in [0, 0.1) is 5.92 Å². The summed E-state index contributed by atoms with van der Waals surface area (Å²) in [5, 5.41) is 0. The van der Waals surface area contributed by atoms with Crippen LogP contribution in [0.3, 0.4) is 0 Å². The summed E-state index contributed by atoms with van der Waals surface area (Å²) in [7, 11) is 0. The molecule has 3 rings (SSSR count). The molecule has 0 aromatic heterocycles. The predicted octanol–water partition coefficient (Wildman–Crippen LogP) is 2.15. The van der Waals surface area contributed by atoms with Gasteiger partial charge in [-0.05, 0) is 17.7 Å². The molecule has 1 aromatic carbocycles. The van der Waals surface area contributed by atoms with E-state index in [4.69, 9.17) is 9.47 Å². The van der Waals surface area contributed by atoms with Crippen LogP contribution in [0.1, 0.15) is 24.8 Å². The number of benzene rings is 1. The standard InChI is InChI=1S/C13H14O3/c1-8-10(7-11(8)14)9-2-3-12-13(6-9)16-5-4-15-12/h2-3,6,8,10H,4-5,7H2,1H3. The number of Topliss-reactive ketones (excluding diaryl/α,β-unsaturated/α-hetero) is 1. The van der Waals surface area contributed by atoms with Crippen molar-refractivity contribution in [3.05, 3.63) is 23.8 Å². The fourth-order valence-corrected chi connectivity index (χ4v) is 2.34. The minimum atomic E-state index is 0.155. The third-order valence-electron chi connectivity index (χ3n) is 3.53. The van der Waals surface area contributed by atoms with E-state index in [2.05, 4.69) is 0 Å². The molecule has 1 aliphatic carbocycles. The highest BCUT2D eigenvalue weighted by atomic mass is 16.6. The Morgan fingerprint density at radius 2 is 1.94 bits per heavy atom. The first kappa shape index (κ1) is 9.70. The van der Waals surface area contributed by atoms with E-state index in [-0.39, 0.29) is 5.92 Å². The summed E-state index contributed by atoms with van der Waals surface area (Å²) in [5.74, 6) is 2.51. The Kier molecular flexibility index (Phi) is 2.13. The minimum absolute atomic E-state index is 0.155. The Balaban J connectivity index is 1.89. The molecule has 0 amide bonds. The minimum Gasteiger partial charge on any atom is -0.486 e. The quantitative estimate of drug-likeness (QED) is 0.724. The third-order valence-corrected chi connectivity index (χ3v) is 3.53. The van der Waals surface area contributed by atoms with Gasteiger partial charge in [0.15, 0.2) is 11.5 Å². The number of hydrogen-bond acceptors (Lipinski definition) is 3. The highest BCUT2D eigenvalue weighted by Crippen LogP contribution is 2.42. The molecule has 1 fully saturated rings. The Morgan fingerprint density at radius 3 is 2.62 bits per heavy atom. The summed E-state index contributed by atoms with van der Waals surface area (Å²) in [5.41, 5.74) is 1.19. The molecule has 0 radical (unpaired) electrons. The monoisotopic (exact) mass is 218 g/mol. The average Bonchev–Trinajstić information content (AvgIpc) is 2.35. The van der Waals surface area contributed by atoms with E-state index in [0.29, 0.717) is 31.3 Å². The largest absolute Gasteiger partial charge is 0.486 e. The van der Waals surface area contributed by atoms with Crippen LogP contribution in [0.4, 0.5) is 0 Å². The summed E-state index contributed by atoms with van der Waals surface area (Å²) in [4.78, 5) is 11.2. The van der Waals surface area contributed by atoms with Gasteiger partial charge in [0.25, 0.3) is 0 Å². The molecule has 0 saturated heterocycles. The van der Waals surface area contributed by atoms with E-state index in [1.165, 1.54) is 5.56 Å². The van der Waals surface area contributed by atoms with Crippen LogP contribution < -0.4 is 9.47 Å². The molecule has 16 heavy (non-hydrogen) atoms. The van der Waals surface area contributed by atoms with E-state index in [9.17, 15) is 4.79 Å². The molecule has 1 aliphatic heterocycles. The summed E-state index contributed by atoms with van der Waals surface area (Å²) in [6, 6.07) is 6.00. The van der Waals surface area contributed by atoms with E-state index >= 15 is 0 Å². The Labute approximate surface area is 94.4 Å². The highest BCUT2D eigenvalue weighted by Gasteiger charge is 2.37. The lowest BCUT2D eigenvalue weighted by molar-refractivity contribution is -0.130. The number of rotatable bonds is 1. The van der Waals surface area contributed by atoms with Gasteiger partial charge in [-0.1, -0.05) is 13.0 Å². The van der Waals surface area contributed by atoms with Crippen LogP contribution >= 0.6 is 0 Å². The lowest BCUT2D eigenvalue weighted by Gasteiger charge is -2.33. The molecule has 2 unspecified atom stereocenters. The molecule has 1 aromatic rings. The molecule has 84 valence electrons. The number of ether oxygens (including phenoxy) is 2. The van der Waals surface area contributed by atoms with Gasteiger partial charge in [-0.2, -0.15) is 0 Å². The second-order valence-corrected chi connectivity index (χ2v) is 4.47. The van der Waals surface area contributed by atoms with Crippen molar-refractivity contribution in [3.63, 3.8) is 0 Å². The molecule has 2 atom stereocenters. The summed E-state index contributed by atoms with van der Waals surface area (Å²) < 4.78 is 11.0. The van der Waals surface area contributed by atoms with Gasteiger partial charge in [0.05, 0.1) is 0 Å². The first-order valence-electron chi connectivity index (χ1n) is 5.68. The molecule has 3 nitrogen and oxygen atoms in total. The van der Waals surface area contributed by atoms with Crippen LogP contribution in [-0.4, -0.2) is 19.0 Å². The fourth-order valence-electron chi connectivity index (χ4n) is 2.34. The van der Waals surface area contributed by atoms with Crippen molar-refractivity contribution in [1.82, 2.24) is 0 Å². The average molecular weight is 218 g/mol. The summed E-state index contributed by atoms with van der Waals surface area (Å²) >= 11 is 0.